The summed E-state index contributed by atoms with van der Waals surface area (Å²) in [6, 6.07) is 19.4. The van der Waals surface area contributed by atoms with E-state index in [2.05, 4.69) is 77.2 Å². The van der Waals surface area contributed by atoms with Gasteiger partial charge in [0.05, 0.1) is 11.1 Å². The molecule has 1 aromatic heterocycles. The molecule has 0 spiro atoms. The van der Waals surface area contributed by atoms with Crippen molar-refractivity contribution in [2.24, 2.45) is 7.05 Å². The van der Waals surface area contributed by atoms with E-state index in [1.165, 1.54) is 31.6 Å². The summed E-state index contributed by atoms with van der Waals surface area (Å²) in [4.78, 5) is 2.53. The molecule has 122 valence electrons. The van der Waals surface area contributed by atoms with Crippen LogP contribution >= 0.6 is 23.1 Å². The van der Waals surface area contributed by atoms with Gasteiger partial charge in [-0.2, -0.15) is 4.57 Å². The number of thiazole rings is 1. The van der Waals surface area contributed by atoms with Crippen LogP contribution in [0.2, 0.25) is 0 Å². The van der Waals surface area contributed by atoms with Crippen LogP contribution in [-0.2, 0) is 13.5 Å². The smallest absolute Gasteiger partial charge is 0.265 e. The third kappa shape index (κ3) is 3.21. The SMILES string of the molecule is C[n+]1c(C=C2SCCN2CCc2ccccc2)sc2ccccc21. The Bertz CT molecular complexity index is 868. The largest absolute Gasteiger partial charge is 0.365 e. The molecule has 0 aliphatic carbocycles. The van der Waals surface area contributed by atoms with Crippen molar-refractivity contribution in [2.75, 3.05) is 18.8 Å². The van der Waals surface area contributed by atoms with Crippen molar-refractivity contribution in [3.05, 3.63) is 70.2 Å². The minimum atomic E-state index is 1.09. The van der Waals surface area contributed by atoms with Gasteiger partial charge in [0.1, 0.15) is 11.7 Å². The standard InChI is InChI=1S/C20H21N2S2/c1-21-17-9-5-6-10-18(17)24-19(21)15-20-22(13-14-23-20)12-11-16-7-3-2-4-8-16/h2-10,15H,11-14H2,1H3/q+1. The van der Waals surface area contributed by atoms with Gasteiger partial charge in [0.15, 0.2) is 0 Å². The van der Waals surface area contributed by atoms with Gasteiger partial charge in [-0.05, 0) is 18.1 Å². The predicted octanol–water partition coefficient (Wildman–Crippen LogP) is 4.32. The van der Waals surface area contributed by atoms with Crippen LogP contribution < -0.4 is 4.57 Å². The summed E-state index contributed by atoms with van der Waals surface area (Å²) in [7, 11) is 2.17. The first kappa shape index (κ1) is 15.7. The van der Waals surface area contributed by atoms with E-state index in [0.29, 0.717) is 0 Å². The number of hydrogen-bond acceptors (Lipinski definition) is 3. The third-order valence-electron chi connectivity index (χ3n) is 4.45. The minimum absolute atomic E-state index is 1.09. The molecule has 4 rings (SSSR count). The van der Waals surface area contributed by atoms with Gasteiger partial charge in [-0.3, -0.25) is 0 Å². The molecule has 24 heavy (non-hydrogen) atoms. The zero-order valence-corrected chi connectivity index (χ0v) is 15.4. The number of para-hydroxylation sites is 1. The fourth-order valence-corrected chi connectivity index (χ4v) is 5.32. The second kappa shape index (κ2) is 6.99. The van der Waals surface area contributed by atoms with Gasteiger partial charge in [0.2, 0.25) is 5.52 Å². The lowest BCUT2D eigenvalue weighted by Gasteiger charge is -2.18. The molecule has 0 radical (unpaired) electrons. The number of aryl methyl sites for hydroxylation is 1. The first-order chi connectivity index (χ1) is 11.8. The molecule has 2 nitrogen and oxygen atoms in total. The summed E-state index contributed by atoms with van der Waals surface area (Å²) in [6.07, 6.45) is 3.48. The van der Waals surface area contributed by atoms with E-state index in [0.717, 1.165) is 19.5 Å². The van der Waals surface area contributed by atoms with Crippen LogP contribution in [0.1, 0.15) is 10.6 Å². The highest BCUT2D eigenvalue weighted by Gasteiger charge is 2.21. The molecule has 2 aromatic carbocycles. The average molecular weight is 354 g/mol. The van der Waals surface area contributed by atoms with Crippen LogP contribution in [-0.4, -0.2) is 23.7 Å². The highest BCUT2D eigenvalue weighted by atomic mass is 32.2. The molecule has 0 unspecified atom stereocenters. The second-order valence-electron chi connectivity index (χ2n) is 6.02. The Hall–Kier alpha value is -1.78. The first-order valence-corrected chi connectivity index (χ1v) is 10.1. The van der Waals surface area contributed by atoms with E-state index >= 15 is 0 Å². The molecule has 2 heterocycles. The monoisotopic (exact) mass is 353 g/mol. The summed E-state index contributed by atoms with van der Waals surface area (Å²) in [5.41, 5.74) is 2.73. The van der Waals surface area contributed by atoms with Crippen LogP contribution in [0.3, 0.4) is 0 Å². The molecule has 1 aliphatic rings. The fraction of sp³-hybridized carbons (Fsp3) is 0.250. The second-order valence-corrected chi connectivity index (χ2v) is 8.20. The van der Waals surface area contributed by atoms with Crippen molar-refractivity contribution in [3.63, 3.8) is 0 Å². The number of aromatic nitrogens is 1. The maximum Gasteiger partial charge on any atom is 0.265 e. The van der Waals surface area contributed by atoms with Crippen LogP contribution in [0.4, 0.5) is 0 Å². The highest BCUT2D eigenvalue weighted by molar-refractivity contribution is 8.03. The Balaban J connectivity index is 1.55. The van der Waals surface area contributed by atoms with Crippen molar-refractivity contribution in [2.45, 2.75) is 6.42 Å². The lowest BCUT2D eigenvalue weighted by Crippen LogP contribution is -2.29. The molecule has 1 fully saturated rings. The average Bonchev–Trinajstić information content (AvgIpc) is 3.19. The molecular formula is C20H21N2S2+. The number of nitrogens with zero attached hydrogens (tertiary/aromatic N) is 2. The Morgan fingerprint density at radius 1 is 1.08 bits per heavy atom. The highest BCUT2D eigenvalue weighted by Crippen LogP contribution is 2.31. The van der Waals surface area contributed by atoms with Crippen molar-refractivity contribution >= 4 is 39.4 Å². The van der Waals surface area contributed by atoms with Crippen molar-refractivity contribution in [1.29, 1.82) is 0 Å². The maximum atomic E-state index is 2.53. The van der Waals surface area contributed by atoms with Crippen molar-refractivity contribution < 1.29 is 4.57 Å². The van der Waals surface area contributed by atoms with Gasteiger partial charge < -0.3 is 4.90 Å². The minimum Gasteiger partial charge on any atom is -0.365 e. The molecule has 0 amide bonds. The van der Waals surface area contributed by atoms with Gasteiger partial charge in [-0.25, -0.2) is 0 Å². The van der Waals surface area contributed by atoms with E-state index in [1.54, 1.807) is 0 Å². The Morgan fingerprint density at radius 2 is 1.88 bits per heavy atom. The summed E-state index contributed by atoms with van der Waals surface area (Å²) >= 11 is 3.85. The van der Waals surface area contributed by atoms with Crippen LogP contribution in [0.15, 0.2) is 59.6 Å². The van der Waals surface area contributed by atoms with E-state index in [-0.39, 0.29) is 0 Å². The molecule has 0 N–H and O–H groups in total. The fourth-order valence-electron chi connectivity index (χ4n) is 3.08. The van der Waals surface area contributed by atoms with E-state index < -0.39 is 0 Å². The van der Waals surface area contributed by atoms with Gasteiger partial charge >= 0.3 is 0 Å². The molecule has 1 aliphatic heterocycles. The molecular weight excluding hydrogens is 332 g/mol. The van der Waals surface area contributed by atoms with Gasteiger partial charge in [-0.15, -0.1) is 11.8 Å². The van der Waals surface area contributed by atoms with Crippen molar-refractivity contribution in [1.82, 2.24) is 4.90 Å². The van der Waals surface area contributed by atoms with E-state index in [9.17, 15) is 0 Å². The third-order valence-corrected chi connectivity index (χ3v) is 6.68. The Morgan fingerprint density at radius 3 is 2.71 bits per heavy atom. The number of thioether (sulfide) groups is 1. The summed E-state index contributed by atoms with van der Waals surface area (Å²) in [5, 5.41) is 2.73. The number of fused-ring (bicyclic) bond motifs is 1. The Kier molecular flexibility index (Phi) is 4.58. The lowest BCUT2D eigenvalue weighted by molar-refractivity contribution is -0.642. The molecule has 0 saturated carbocycles. The van der Waals surface area contributed by atoms with E-state index in [1.807, 2.05) is 23.1 Å². The normalized spacial score (nSPS) is 16.4. The zero-order valence-electron chi connectivity index (χ0n) is 13.8. The van der Waals surface area contributed by atoms with Crippen molar-refractivity contribution in [3.8, 4) is 0 Å². The summed E-state index contributed by atoms with van der Waals surface area (Å²) in [6.45, 7) is 2.25. The number of rotatable bonds is 4. The van der Waals surface area contributed by atoms with Gasteiger partial charge in [0.25, 0.3) is 5.01 Å². The number of benzene rings is 2. The zero-order chi connectivity index (χ0) is 16.4. The molecule has 4 heteroatoms. The van der Waals surface area contributed by atoms with Gasteiger partial charge in [0, 0.05) is 24.9 Å². The van der Waals surface area contributed by atoms with Crippen LogP contribution in [0, 0.1) is 0 Å². The summed E-state index contributed by atoms with van der Waals surface area (Å²) < 4.78 is 3.66. The first-order valence-electron chi connectivity index (χ1n) is 8.32. The van der Waals surface area contributed by atoms with Gasteiger partial charge in [-0.1, -0.05) is 53.8 Å². The van der Waals surface area contributed by atoms with E-state index in [4.69, 9.17) is 0 Å². The predicted molar refractivity (Wildman–Crippen MR) is 105 cm³/mol. The number of hydrogen-bond donors (Lipinski definition) is 0. The quantitative estimate of drug-likeness (QED) is 0.645. The van der Waals surface area contributed by atoms with Crippen LogP contribution in [0.25, 0.3) is 16.3 Å². The molecule has 0 atom stereocenters. The lowest BCUT2D eigenvalue weighted by atomic mass is 10.1. The molecule has 0 bridgehead atoms. The maximum absolute atomic E-state index is 2.53. The van der Waals surface area contributed by atoms with Crippen LogP contribution in [0.5, 0.6) is 0 Å². The topological polar surface area (TPSA) is 7.12 Å². The summed E-state index contributed by atoms with van der Waals surface area (Å²) in [5.74, 6) is 1.19. The molecule has 3 aromatic rings. The Labute approximate surface area is 151 Å². The molecule has 1 saturated heterocycles.